The first-order valence-corrected chi connectivity index (χ1v) is 8.38. The van der Waals surface area contributed by atoms with Crippen molar-refractivity contribution in [1.82, 2.24) is 5.32 Å². The SMILES string of the molecule is O=C(CNc1cc([N+](=O)[O-])ccc1NCCO)NCCc1ccc(F)cc1. The van der Waals surface area contributed by atoms with Crippen molar-refractivity contribution < 1.29 is 19.2 Å². The summed E-state index contributed by atoms with van der Waals surface area (Å²) in [6.07, 6.45) is 0.562. The highest BCUT2D eigenvalue weighted by molar-refractivity contribution is 5.83. The average Bonchev–Trinajstić information content (AvgIpc) is 2.66. The highest BCUT2D eigenvalue weighted by atomic mass is 19.1. The van der Waals surface area contributed by atoms with Crippen LogP contribution in [0.3, 0.4) is 0 Å². The summed E-state index contributed by atoms with van der Waals surface area (Å²) in [5.74, 6) is -0.591. The quantitative estimate of drug-likeness (QED) is 0.372. The Bertz CT molecular complexity index is 783. The lowest BCUT2D eigenvalue weighted by molar-refractivity contribution is -0.384. The van der Waals surface area contributed by atoms with Gasteiger partial charge in [-0.2, -0.15) is 0 Å². The van der Waals surface area contributed by atoms with Gasteiger partial charge in [0.15, 0.2) is 0 Å². The van der Waals surface area contributed by atoms with E-state index in [1.807, 2.05) is 0 Å². The van der Waals surface area contributed by atoms with Crippen molar-refractivity contribution in [2.24, 2.45) is 0 Å². The Kier molecular flexibility index (Phi) is 7.50. The number of aliphatic hydroxyl groups excluding tert-OH is 1. The van der Waals surface area contributed by atoms with Gasteiger partial charge >= 0.3 is 0 Å². The van der Waals surface area contributed by atoms with E-state index in [9.17, 15) is 19.3 Å². The standard InChI is InChI=1S/C18H21FN4O4/c19-14-3-1-13(2-4-14)7-8-21-18(25)12-22-17-11-15(23(26)27)5-6-16(17)20-9-10-24/h1-6,11,20,22,24H,7-10,12H2,(H,21,25). The third kappa shape index (κ3) is 6.55. The summed E-state index contributed by atoms with van der Waals surface area (Å²) in [7, 11) is 0. The molecule has 0 saturated carbocycles. The van der Waals surface area contributed by atoms with Gasteiger partial charge in [-0.25, -0.2) is 4.39 Å². The summed E-state index contributed by atoms with van der Waals surface area (Å²) < 4.78 is 12.8. The number of anilines is 2. The fourth-order valence-corrected chi connectivity index (χ4v) is 2.37. The maximum absolute atomic E-state index is 12.8. The van der Waals surface area contributed by atoms with Gasteiger partial charge in [0, 0.05) is 25.2 Å². The Balaban J connectivity index is 1.87. The lowest BCUT2D eigenvalue weighted by Crippen LogP contribution is -2.31. The second-order valence-corrected chi connectivity index (χ2v) is 5.72. The monoisotopic (exact) mass is 376 g/mol. The van der Waals surface area contributed by atoms with Crippen molar-refractivity contribution in [3.05, 3.63) is 64.0 Å². The predicted octanol–water partition coefficient (Wildman–Crippen LogP) is 1.91. The zero-order valence-corrected chi connectivity index (χ0v) is 14.6. The molecule has 0 heterocycles. The first-order valence-electron chi connectivity index (χ1n) is 8.38. The van der Waals surface area contributed by atoms with E-state index in [0.29, 0.717) is 24.3 Å². The molecule has 1 amide bonds. The third-order valence-electron chi connectivity index (χ3n) is 3.73. The molecule has 8 nitrogen and oxygen atoms in total. The number of hydrogen-bond donors (Lipinski definition) is 4. The molecular weight excluding hydrogens is 355 g/mol. The normalized spacial score (nSPS) is 10.3. The maximum Gasteiger partial charge on any atom is 0.271 e. The number of nitrogens with one attached hydrogen (secondary N) is 3. The topological polar surface area (TPSA) is 117 Å². The molecule has 0 spiro atoms. The average molecular weight is 376 g/mol. The summed E-state index contributed by atoms with van der Waals surface area (Å²) in [5, 5.41) is 28.4. The van der Waals surface area contributed by atoms with Crippen LogP contribution in [-0.2, 0) is 11.2 Å². The van der Waals surface area contributed by atoms with E-state index in [-0.39, 0.29) is 37.1 Å². The number of hydrogen-bond acceptors (Lipinski definition) is 6. The van der Waals surface area contributed by atoms with Crippen molar-refractivity contribution in [2.45, 2.75) is 6.42 Å². The molecule has 27 heavy (non-hydrogen) atoms. The smallest absolute Gasteiger partial charge is 0.271 e. The number of nitro benzene ring substituents is 1. The summed E-state index contributed by atoms with van der Waals surface area (Å²) in [6.45, 7) is 0.492. The van der Waals surface area contributed by atoms with Crippen LogP contribution in [0.4, 0.5) is 21.5 Å². The molecule has 0 aliphatic rings. The van der Waals surface area contributed by atoms with Crippen LogP contribution in [-0.4, -0.2) is 42.2 Å². The molecule has 2 aromatic rings. The van der Waals surface area contributed by atoms with Crippen LogP contribution in [0, 0.1) is 15.9 Å². The van der Waals surface area contributed by atoms with Gasteiger partial charge in [-0.1, -0.05) is 12.1 Å². The van der Waals surface area contributed by atoms with E-state index in [1.165, 1.54) is 30.3 Å². The van der Waals surface area contributed by atoms with E-state index in [1.54, 1.807) is 12.1 Å². The Morgan fingerprint density at radius 2 is 1.81 bits per heavy atom. The van der Waals surface area contributed by atoms with Gasteiger partial charge in [-0.15, -0.1) is 0 Å². The van der Waals surface area contributed by atoms with Crippen LogP contribution in [0.2, 0.25) is 0 Å². The molecule has 0 saturated heterocycles. The Hall–Kier alpha value is -3.20. The summed E-state index contributed by atoms with van der Waals surface area (Å²) in [6, 6.07) is 10.2. The number of amides is 1. The zero-order valence-electron chi connectivity index (χ0n) is 14.6. The predicted molar refractivity (Wildman–Crippen MR) is 100 cm³/mol. The number of benzene rings is 2. The summed E-state index contributed by atoms with van der Waals surface area (Å²) >= 11 is 0. The number of nitrogens with zero attached hydrogens (tertiary/aromatic N) is 1. The van der Waals surface area contributed by atoms with E-state index >= 15 is 0 Å². The minimum Gasteiger partial charge on any atom is -0.395 e. The van der Waals surface area contributed by atoms with Crippen molar-refractivity contribution >= 4 is 23.0 Å². The van der Waals surface area contributed by atoms with Gasteiger partial charge in [0.05, 0.1) is 29.4 Å². The third-order valence-corrected chi connectivity index (χ3v) is 3.73. The molecule has 0 atom stereocenters. The molecule has 9 heteroatoms. The molecule has 0 unspecified atom stereocenters. The van der Waals surface area contributed by atoms with Gasteiger partial charge in [-0.05, 0) is 30.2 Å². The lowest BCUT2D eigenvalue weighted by Gasteiger charge is -2.13. The van der Waals surface area contributed by atoms with Gasteiger partial charge in [-0.3, -0.25) is 14.9 Å². The van der Waals surface area contributed by atoms with Crippen LogP contribution in [0.1, 0.15) is 5.56 Å². The van der Waals surface area contributed by atoms with E-state index < -0.39 is 4.92 Å². The number of aliphatic hydroxyl groups is 1. The number of halogens is 1. The number of nitro groups is 1. The number of carbonyl (C=O) groups is 1. The van der Waals surface area contributed by atoms with Crippen LogP contribution >= 0.6 is 0 Å². The molecule has 4 N–H and O–H groups in total. The van der Waals surface area contributed by atoms with Gasteiger partial charge in [0.1, 0.15) is 5.82 Å². The van der Waals surface area contributed by atoms with Crippen molar-refractivity contribution in [3.63, 3.8) is 0 Å². The van der Waals surface area contributed by atoms with E-state index in [4.69, 9.17) is 5.11 Å². The summed E-state index contributed by atoms with van der Waals surface area (Å²) in [5.41, 5.74) is 1.74. The molecule has 0 aliphatic carbocycles. The van der Waals surface area contributed by atoms with Crippen molar-refractivity contribution in [3.8, 4) is 0 Å². The molecular formula is C18H21FN4O4. The first kappa shape index (κ1) is 20.1. The Labute approximate surface area is 155 Å². The molecule has 144 valence electrons. The molecule has 0 aliphatic heterocycles. The first-order chi connectivity index (χ1) is 13.0. The molecule has 0 fully saturated rings. The van der Waals surface area contributed by atoms with Crippen molar-refractivity contribution in [1.29, 1.82) is 0 Å². The minimum atomic E-state index is -0.524. The maximum atomic E-state index is 12.8. The van der Waals surface area contributed by atoms with Crippen LogP contribution in [0.5, 0.6) is 0 Å². The van der Waals surface area contributed by atoms with E-state index in [2.05, 4.69) is 16.0 Å². The zero-order chi connectivity index (χ0) is 19.6. The Morgan fingerprint density at radius 3 is 2.48 bits per heavy atom. The minimum absolute atomic E-state index is 0.0710. The molecule has 2 rings (SSSR count). The van der Waals surface area contributed by atoms with Gasteiger partial charge in [0.25, 0.3) is 5.69 Å². The fourth-order valence-electron chi connectivity index (χ4n) is 2.37. The second kappa shape index (κ2) is 10.1. The van der Waals surface area contributed by atoms with Gasteiger partial charge in [0.2, 0.25) is 5.91 Å². The molecule has 0 aromatic heterocycles. The molecule has 0 radical (unpaired) electrons. The van der Waals surface area contributed by atoms with Crippen LogP contribution < -0.4 is 16.0 Å². The summed E-state index contributed by atoms with van der Waals surface area (Å²) in [4.78, 5) is 22.4. The number of non-ortho nitro benzene ring substituents is 1. The van der Waals surface area contributed by atoms with E-state index in [0.717, 1.165) is 5.56 Å². The number of carbonyl (C=O) groups excluding carboxylic acids is 1. The van der Waals surface area contributed by atoms with Gasteiger partial charge < -0.3 is 21.1 Å². The lowest BCUT2D eigenvalue weighted by atomic mass is 10.1. The largest absolute Gasteiger partial charge is 0.395 e. The Morgan fingerprint density at radius 1 is 1.07 bits per heavy atom. The highest BCUT2D eigenvalue weighted by Crippen LogP contribution is 2.26. The van der Waals surface area contributed by atoms with Crippen LogP contribution in [0.15, 0.2) is 42.5 Å². The molecule has 2 aromatic carbocycles. The van der Waals surface area contributed by atoms with Crippen LogP contribution in [0.25, 0.3) is 0 Å². The second-order valence-electron chi connectivity index (χ2n) is 5.72. The van der Waals surface area contributed by atoms with Crippen molar-refractivity contribution in [2.75, 3.05) is 36.9 Å². The number of rotatable bonds is 10. The highest BCUT2D eigenvalue weighted by Gasteiger charge is 2.11. The molecule has 0 bridgehead atoms. The fraction of sp³-hybridized carbons (Fsp3) is 0.278.